The summed E-state index contributed by atoms with van der Waals surface area (Å²) in [6, 6.07) is 8.59. The van der Waals surface area contributed by atoms with Crippen LogP contribution in [0.25, 0.3) is 0 Å². The Morgan fingerprint density at radius 2 is 1.76 bits per heavy atom. The van der Waals surface area contributed by atoms with Gasteiger partial charge in [-0.1, -0.05) is 23.7 Å². The van der Waals surface area contributed by atoms with Crippen LogP contribution in [0.5, 0.6) is 11.6 Å². The van der Waals surface area contributed by atoms with Crippen LogP contribution >= 0.6 is 11.6 Å². The largest absolute Gasteiger partial charge is 0.439 e. The van der Waals surface area contributed by atoms with Crippen LogP contribution in [0.3, 0.4) is 0 Å². The maximum Gasteiger partial charge on any atom is 0.222 e. The van der Waals surface area contributed by atoms with Crippen molar-refractivity contribution < 1.29 is 13.2 Å². The lowest BCUT2D eigenvalue weighted by Crippen LogP contribution is -2.20. The van der Waals surface area contributed by atoms with Crippen LogP contribution < -0.4 is 9.46 Å². The van der Waals surface area contributed by atoms with Crippen LogP contribution in [0, 0.1) is 6.92 Å². The Hall–Kier alpha value is -2.62. The number of aryl methyl sites for hydroxylation is 3. The fourth-order valence-electron chi connectivity index (χ4n) is 2.55. The van der Waals surface area contributed by atoms with E-state index in [2.05, 4.69) is 24.7 Å². The molecule has 0 radical (unpaired) electrons. The highest BCUT2D eigenvalue weighted by Crippen LogP contribution is 2.21. The molecule has 3 aromatic rings. The van der Waals surface area contributed by atoms with Crippen LogP contribution in [0.15, 0.2) is 42.7 Å². The number of aromatic nitrogens is 4. The quantitative estimate of drug-likeness (QED) is 0.582. The third kappa shape index (κ3) is 6.45. The smallest absolute Gasteiger partial charge is 0.222 e. The normalized spacial score (nSPS) is 11.4. The standard InChI is InChI=1S/C19H20ClN5O3S/c1-13-24-16(5-8-18-22-10-15(20)11-23-18)9-19(25-13)28-17-6-3-14(4-7-17)12-29(26,27)21-2/h3-4,6-7,9-11,21H,5,8,12H2,1-2H3. The molecule has 0 aliphatic carbocycles. The Kier molecular flexibility index (Phi) is 6.73. The summed E-state index contributed by atoms with van der Waals surface area (Å²) in [6.07, 6.45) is 4.37. The zero-order chi connectivity index (χ0) is 20.9. The number of sulfonamides is 1. The van der Waals surface area contributed by atoms with E-state index < -0.39 is 10.0 Å². The van der Waals surface area contributed by atoms with E-state index in [1.807, 2.05) is 0 Å². The third-order valence-corrected chi connectivity index (χ3v) is 5.49. The molecule has 0 aliphatic rings. The number of ether oxygens (including phenoxy) is 1. The van der Waals surface area contributed by atoms with Crippen molar-refractivity contribution in [2.75, 3.05) is 7.05 Å². The van der Waals surface area contributed by atoms with Gasteiger partial charge in [0.2, 0.25) is 15.9 Å². The molecule has 1 aromatic carbocycles. The zero-order valence-corrected chi connectivity index (χ0v) is 17.5. The van der Waals surface area contributed by atoms with Crippen LogP contribution in [0.4, 0.5) is 0 Å². The molecule has 0 amide bonds. The zero-order valence-electron chi connectivity index (χ0n) is 16.0. The van der Waals surface area contributed by atoms with Crippen molar-refractivity contribution in [3.63, 3.8) is 0 Å². The van der Waals surface area contributed by atoms with Crippen LogP contribution in [-0.2, 0) is 28.6 Å². The Morgan fingerprint density at radius 3 is 2.41 bits per heavy atom. The van der Waals surface area contributed by atoms with Crippen molar-refractivity contribution in [3.8, 4) is 11.6 Å². The molecular weight excluding hydrogens is 414 g/mol. The van der Waals surface area contributed by atoms with Gasteiger partial charge in [0.1, 0.15) is 17.4 Å². The van der Waals surface area contributed by atoms with E-state index in [0.29, 0.717) is 46.7 Å². The van der Waals surface area contributed by atoms with Crippen molar-refractivity contribution in [1.82, 2.24) is 24.7 Å². The number of rotatable bonds is 8. The predicted molar refractivity (Wildman–Crippen MR) is 109 cm³/mol. The van der Waals surface area contributed by atoms with Crippen molar-refractivity contribution in [3.05, 3.63) is 70.7 Å². The van der Waals surface area contributed by atoms with Gasteiger partial charge in [-0.3, -0.25) is 0 Å². The lowest BCUT2D eigenvalue weighted by molar-refractivity contribution is 0.458. The monoisotopic (exact) mass is 433 g/mol. The Balaban J connectivity index is 1.67. The summed E-state index contributed by atoms with van der Waals surface area (Å²) in [5, 5.41) is 0.497. The number of hydrogen-bond acceptors (Lipinski definition) is 7. The lowest BCUT2D eigenvalue weighted by atomic mass is 10.2. The van der Waals surface area contributed by atoms with Crippen LogP contribution in [0.2, 0.25) is 5.02 Å². The molecule has 3 rings (SSSR count). The van der Waals surface area contributed by atoms with Gasteiger partial charge in [-0.25, -0.2) is 28.1 Å². The molecule has 2 heterocycles. The van der Waals surface area contributed by atoms with Crippen LogP contribution in [0.1, 0.15) is 22.9 Å². The Bertz CT molecular complexity index is 1070. The summed E-state index contributed by atoms with van der Waals surface area (Å²) in [7, 11) is -1.93. The Morgan fingerprint density at radius 1 is 1.07 bits per heavy atom. The molecule has 0 spiro atoms. The summed E-state index contributed by atoms with van der Waals surface area (Å²) in [4.78, 5) is 17.1. The topological polar surface area (TPSA) is 107 Å². The fourth-order valence-corrected chi connectivity index (χ4v) is 3.43. The second-order valence-corrected chi connectivity index (χ2v) is 8.63. The van der Waals surface area contributed by atoms with Gasteiger partial charge in [0, 0.05) is 30.6 Å². The van der Waals surface area contributed by atoms with Gasteiger partial charge in [0.25, 0.3) is 0 Å². The van der Waals surface area contributed by atoms with Gasteiger partial charge in [-0.15, -0.1) is 0 Å². The highest BCUT2D eigenvalue weighted by Gasteiger charge is 2.10. The second kappa shape index (κ2) is 9.25. The minimum absolute atomic E-state index is 0.0900. The molecule has 10 heteroatoms. The van der Waals surface area contributed by atoms with Gasteiger partial charge in [-0.2, -0.15) is 4.98 Å². The first-order chi connectivity index (χ1) is 13.8. The van der Waals surface area contributed by atoms with E-state index in [-0.39, 0.29) is 5.75 Å². The number of halogens is 1. The first-order valence-electron chi connectivity index (χ1n) is 8.82. The highest BCUT2D eigenvalue weighted by molar-refractivity contribution is 7.88. The molecule has 0 atom stereocenters. The van der Waals surface area contributed by atoms with Gasteiger partial charge < -0.3 is 4.74 Å². The number of benzene rings is 1. The summed E-state index contributed by atoms with van der Waals surface area (Å²) >= 11 is 5.80. The number of nitrogens with zero attached hydrogens (tertiary/aromatic N) is 4. The van der Waals surface area contributed by atoms with Crippen molar-refractivity contribution in [1.29, 1.82) is 0 Å². The van der Waals surface area contributed by atoms with E-state index in [1.54, 1.807) is 49.6 Å². The SMILES string of the molecule is CNS(=O)(=O)Cc1ccc(Oc2cc(CCc3ncc(Cl)cn3)nc(C)n2)cc1. The van der Waals surface area contributed by atoms with E-state index in [4.69, 9.17) is 16.3 Å². The van der Waals surface area contributed by atoms with Gasteiger partial charge >= 0.3 is 0 Å². The molecule has 29 heavy (non-hydrogen) atoms. The van der Waals surface area contributed by atoms with Gasteiger partial charge in [0.05, 0.1) is 10.8 Å². The molecule has 2 aromatic heterocycles. The molecule has 152 valence electrons. The summed E-state index contributed by atoms with van der Waals surface area (Å²) < 4.78 is 31.4. The van der Waals surface area contributed by atoms with E-state index in [0.717, 1.165) is 5.69 Å². The predicted octanol–water partition coefficient (Wildman–Crippen LogP) is 2.86. The van der Waals surface area contributed by atoms with Gasteiger partial charge in [0.15, 0.2) is 0 Å². The van der Waals surface area contributed by atoms with Crippen LogP contribution in [-0.4, -0.2) is 35.4 Å². The molecule has 0 aliphatic heterocycles. The fraction of sp³-hybridized carbons (Fsp3) is 0.263. The van der Waals surface area contributed by atoms with Crippen molar-refractivity contribution >= 4 is 21.6 Å². The lowest BCUT2D eigenvalue weighted by Gasteiger charge is -2.09. The van der Waals surface area contributed by atoms with E-state index in [1.165, 1.54) is 7.05 Å². The molecule has 1 N–H and O–H groups in total. The van der Waals surface area contributed by atoms with Gasteiger partial charge in [-0.05, 0) is 38.1 Å². The molecule has 0 saturated carbocycles. The molecule has 0 saturated heterocycles. The molecule has 0 fully saturated rings. The molecule has 8 nitrogen and oxygen atoms in total. The minimum atomic E-state index is -3.32. The highest BCUT2D eigenvalue weighted by atomic mass is 35.5. The first kappa shape index (κ1) is 21.1. The summed E-state index contributed by atoms with van der Waals surface area (Å²) in [5.74, 6) is 2.15. The molecule has 0 bridgehead atoms. The maximum absolute atomic E-state index is 11.6. The molecule has 0 unspecified atom stereocenters. The van der Waals surface area contributed by atoms with Crippen molar-refractivity contribution in [2.45, 2.75) is 25.5 Å². The average Bonchev–Trinajstić information content (AvgIpc) is 2.68. The first-order valence-corrected chi connectivity index (χ1v) is 10.8. The Labute approximate surface area is 174 Å². The third-order valence-electron chi connectivity index (χ3n) is 3.96. The van der Waals surface area contributed by atoms with Crippen molar-refractivity contribution in [2.24, 2.45) is 0 Å². The number of hydrogen-bond donors (Lipinski definition) is 1. The maximum atomic E-state index is 11.6. The van der Waals surface area contributed by atoms with E-state index in [9.17, 15) is 8.42 Å². The van der Waals surface area contributed by atoms with E-state index >= 15 is 0 Å². The average molecular weight is 434 g/mol. The minimum Gasteiger partial charge on any atom is -0.439 e. The summed E-state index contributed by atoms with van der Waals surface area (Å²) in [6.45, 7) is 1.79. The second-order valence-electron chi connectivity index (χ2n) is 6.27. The number of nitrogens with one attached hydrogen (secondary N) is 1. The molecular formula is C19H20ClN5O3S. The summed E-state index contributed by atoms with van der Waals surface area (Å²) in [5.41, 5.74) is 1.47.